The number of anilines is 1. The van der Waals surface area contributed by atoms with E-state index in [1.807, 2.05) is 0 Å². The highest BCUT2D eigenvalue weighted by atomic mass is 32.2. The molecule has 0 amide bonds. The SMILES string of the molecule is Cc1c(Sc2cc(F)ccc2F)cc(N)cc1S(N)(=O)=O. The summed E-state index contributed by atoms with van der Waals surface area (Å²) in [6.07, 6.45) is 0. The summed E-state index contributed by atoms with van der Waals surface area (Å²) in [5, 5.41) is 5.12. The van der Waals surface area contributed by atoms with Crippen LogP contribution in [0.25, 0.3) is 0 Å². The lowest BCUT2D eigenvalue weighted by molar-refractivity contribution is 0.577. The molecule has 0 aromatic heterocycles. The Hall–Kier alpha value is -1.64. The van der Waals surface area contributed by atoms with Gasteiger partial charge in [0.15, 0.2) is 0 Å². The summed E-state index contributed by atoms with van der Waals surface area (Å²) in [6, 6.07) is 5.75. The first-order chi connectivity index (χ1) is 9.68. The highest BCUT2D eigenvalue weighted by Gasteiger charge is 2.17. The molecule has 0 unspecified atom stereocenters. The van der Waals surface area contributed by atoms with Gasteiger partial charge in [-0.15, -0.1) is 0 Å². The summed E-state index contributed by atoms with van der Waals surface area (Å²) in [4.78, 5) is 0.286. The lowest BCUT2D eigenvalue weighted by atomic mass is 10.2. The molecule has 8 heteroatoms. The Labute approximate surface area is 125 Å². The van der Waals surface area contributed by atoms with Crippen LogP contribution in [0.5, 0.6) is 0 Å². The second kappa shape index (κ2) is 5.63. The van der Waals surface area contributed by atoms with Crippen LogP contribution >= 0.6 is 11.8 Å². The van der Waals surface area contributed by atoms with Crippen LogP contribution in [0.2, 0.25) is 0 Å². The van der Waals surface area contributed by atoms with Crippen molar-refractivity contribution in [3.63, 3.8) is 0 Å². The summed E-state index contributed by atoms with van der Waals surface area (Å²) in [5.74, 6) is -1.20. The van der Waals surface area contributed by atoms with Crippen molar-refractivity contribution in [3.05, 3.63) is 47.5 Å². The van der Waals surface area contributed by atoms with E-state index in [9.17, 15) is 17.2 Å². The van der Waals surface area contributed by atoms with E-state index >= 15 is 0 Å². The fourth-order valence-corrected chi connectivity index (χ4v) is 3.69. The number of nitrogens with two attached hydrogens (primary N) is 2. The minimum atomic E-state index is -3.95. The number of sulfonamides is 1. The van der Waals surface area contributed by atoms with Gasteiger partial charge in [0.05, 0.1) is 9.79 Å². The molecule has 0 atom stereocenters. The monoisotopic (exact) mass is 330 g/mol. The molecule has 0 saturated heterocycles. The van der Waals surface area contributed by atoms with Crippen LogP contribution in [0, 0.1) is 18.6 Å². The Morgan fingerprint density at radius 3 is 2.38 bits per heavy atom. The van der Waals surface area contributed by atoms with Crippen LogP contribution in [0.15, 0.2) is 45.0 Å². The molecular weight excluding hydrogens is 318 g/mol. The minimum absolute atomic E-state index is 0.0315. The van der Waals surface area contributed by atoms with E-state index in [-0.39, 0.29) is 15.5 Å². The Morgan fingerprint density at radius 2 is 1.76 bits per heavy atom. The molecule has 0 saturated carbocycles. The van der Waals surface area contributed by atoms with Crippen molar-refractivity contribution in [1.82, 2.24) is 0 Å². The van der Waals surface area contributed by atoms with Gasteiger partial charge in [-0.05, 0) is 42.8 Å². The van der Waals surface area contributed by atoms with Gasteiger partial charge in [0.25, 0.3) is 0 Å². The molecule has 0 heterocycles. The van der Waals surface area contributed by atoms with Gasteiger partial charge in [-0.3, -0.25) is 0 Å². The first-order valence-corrected chi connectivity index (χ1v) is 8.10. The van der Waals surface area contributed by atoms with E-state index in [4.69, 9.17) is 10.9 Å². The Morgan fingerprint density at radius 1 is 1.10 bits per heavy atom. The summed E-state index contributed by atoms with van der Waals surface area (Å²) in [7, 11) is -3.95. The van der Waals surface area contributed by atoms with E-state index in [1.54, 1.807) is 0 Å². The normalized spacial score (nSPS) is 11.6. The van der Waals surface area contributed by atoms with Crippen LogP contribution in [-0.4, -0.2) is 8.42 Å². The van der Waals surface area contributed by atoms with E-state index in [0.717, 1.165) is 30.0 Å². The standard InChI is InChI=1S/C13H12F2N2O2S2/c1-7-11(5-9(16)6-13(7)21(17,18)19)20-12-4-8(14)2-3-10(12)15/h2-6H,16H2,1H3,(H2,17,18,19). The highest BCUT2D eigenvalue weighted by molar-refractivity contribution is 7.99. The van der Waals surface area contributed by atoms with Crippen molar-refractivity contribution in [2.45, 2.75) is 21.6 Å². The van der Waals surface area contributed by atoms with Gasteiger partial charge in [-0.25, -0.2) is 22.3 Å². The van der Waals surface area contributed by atoms with E-state index in [2.05, 4.69) is 0 Å². The maximum absolute atomic E-state index is 13.7. The van der Waals surface area contributed by atoms with E-state index in [1.165, 1.54) is 19.1 Å². The summed E-state index contributed by atoms with van der Waals surface area (Å²) >= 11 is 0.884. The third-order valence-electron chi connectivity index (χ3n) is 2.75. The lowest BCUT2D eigenvalue weighted by Crippen LogP contribution is -2.14. The lowest BCUT2D eigenvalue weighted by Gasteiger charge is -2.11. The largest absolute Gasteiger partial charge is 0.399 e. The fraction of sp³-hybridized carbons (Fsp3) is 0.0769. The molecule has 0 fully saturated rings. The van der Waals surface area contributed by atoms with Crippen LogP contribution in [0.3, 0.4) is 0 Å². The first kappa shape index (κ1) is 15.7. The highest BCUT2D eigenvalue weighted by Crippen LogP contribution is 2.36. The second-order valence-corrected chi connectivity index (χ2v) is 6.98. The number of benzene rings is 2. The van der Waals surface area contributed by atoms with Crippen LogP contribution in [0.4, 0.5) is 14.5 Å². The molecule has 21 heavy (non-hydrogen) atoms. The number of rotatable bonds is 3. The number of halogens is 2. The number of nitrogen functional groups attached to an aromatic ring is 1. The number of primary sulfonamides is 1. The van der Waals surface area contributed by atoms with Gasteiger partial charge in [0, 0.05) is 10.6 Å². The summed E-state index contributed by atoms with van der Waals surface area (Å²) in [5.41, 5.74) is 6.15. The van der Waals surface area contributed by atoms with Gasteiger partial charge in [-0.2, -0.15) is 0 Å². The summed E-state index contributed by atoms with van der Waals surface area (Å²) < 4.78 is 49.9. The predicted octanol–water partition coefficient (Wildman–Crippen LogP) is 2.65. The second-order valence-electron chi connectivity index (χ2n) is 4.36. The molecule has 0 aliphatic heterocycles. The molecule has 2 rings (SSSR count). The minimum Gasteiger partial charge on any atom is -0.399 e. The number of hydrogen-bond donors (Lipinski definition) is 2. The smallest absolute Gasteiger partial charge is 0.238 e. The zero-order valence-electron chi connectivity index (χ0n) is 10.9. The van der Waals surface area contributed by atoms with Gasteiger partial charge in [-0.1, -0.05) is 11.8 Å². The van der Waals surface area contributed by atoms with Gasteiger partial charge in [0.2, 0.25) is 10.0 Å². The Kier molecular flexibility index (Phi) is 4.22. The topological polar surface area (TPSA) is 86.2 Å². The summed E-state index contributed by atoms with van der Waals surface area (Å²) in [6.45, 7) is 1.53. The van der Waals surface area contributed by atoms with Crippen molar-refractivity contribution in [2.75, 3.05) is 5.73 Å². The van der Waals surface area contributed by atoms with Gasteiger partial charge in [0.1, 0.15) is 11.6 Å². The molecule has 2 aromatic carbocycles. The molecule has 0 spiro atoms. The predicted molar refractivity (Wildman–Crippen MR) is 77.4 cm³/mol. The Bertz CT molecular complexity index is 808. The first-order valence-electron chi connectivity index (χ1n) is 5.74. The van der Waals surface area contributed by atoms with Crippen LogP contribution in [-0.2, 0) is 10.0 Å². The quantitative estimate of drug-likeness (QED) is 0.847. The van der Waals surface area contributed by atoms with E-state index < -0.39 is 21.7 Å². The molecule has 0 aliphatic rings. The van der Waals surface area contributed by atoms with Crippen LogP contribution < -0.4 is 10.9 Å². The van der Waals surface area contributed by atoms with Gasteiger partial charge >= 0.3 is 0 Å². The number of hydrogen-bond acceptors (Lipinski definition) is 4. The van der Waals surface area contributed by atoms with Crippen molar-refractivity contribution >= 4 is 27.5 Å². The van der Waals surface area contributed by atoms with Crippen molar-refractivity contribution in [3.8, 4) is 0 Å². The third-order valence-corrected chi connectivity index (χ3v) is 4.97. The average Bonchev–Trinajstić information content (AvgIpc) is 2.36. The van der Waals surface area contributed by atoms with Crippen molar-refractivity contribution < 1.29 is 17.2 Å². The average molecular weight is 330 g/mol. The molecule has 112 valence electrons. The van der Waals surface area contributed by atoms with Crippen LogP contribution in [0.1, 0.15) is 5.56 Å². The molecule has 0 aliphatic carbocycles. The van der Waals surface area contributed by atoms with Gasteiger partial charge < -0.3 is 5.73 Å². The Balaban J connectivity index is 2.55. The molecule has 2 aromatic rings. The molecule has 0 bridgehead atoms. The van der Waals surface area contributed by atoms with Crippen molar-refractivity contribution in [2.24, 2.45) is 5.14 Å². The zero-order chi connectivity index (χ0) is 15.8. The zero-order valence-corrected chi connectivity index (χ0v) is 12.6. The maximum Gasteiger partial charge on any atom is 0.238 e. The molecule has 4 N–H and O–H groups in total. The third kappa shape index (κ3) is 3.52. The van der Waals surface area contributed by atoms with E-state index in [0.29, 0.717) is 10.5 Å². The molecular formula is C13H12F2N2O2S2. The molecule has 0 radical (unpaired) electrons. The van der Waals surface area contributed by atoms with Crippen molar-refractivity contribution in [1.29, 1.82) is 0 Å². The maximum atomic E-state index is 13.7. The fourth-order valence-electron chi connectivity index (χ4n) is 1.76. The molecule has 4 nitrogen and oxygen atoms in total.